The van der Waals surface area contributed by atoms with Gasteiger partial charge in [0.1, 0.15) is 0 Å². The van der Waals surface area contributed by atoms with Crippen molar-refractivity contribution < 1.29 is 0 Å². The zero-order valence-electron chi connectivity index (χ0n) is 12.5. The molecule has 3 nitrogen and oxygen atoms in total. The fourth-order valence-electron chi connectivity index (χ4n) is 2.63. The van der Waals surface area contributed by atoms with Crippen LogP contribution in [0, 0.1) is 0 Å². The molecule has 1 aromatic heterocycles. The second kappa shape index (κ2) is 6.90. The Hall–Kier alpha value is -1.09. The number of anilines is 1. The molecule has 0 aliphatic heterocycles. The summed E-state index contributed by atoms with van der Waals surface area (Å²) >= 11 is 0. The lowest BCUT2D eigenvalue weighted by Crippen LogP contribution is -2.27. The fourth-order valence-corrected chi connectivity index (χ4v) is 2.63. The molecule has 2 rings (SSSR count). The van der Waals surface area contributed by atoms with Crippen LogP contribution in [0.4, 0.5) is 5.69 Å². The number of hydrogen-bond acceptors (Lipinski definition) is 3. The molecule has 1 aromatic rings. The summed E-state index contributed by atoms with van der Waals surface area (Å²) in [6.45, 7) is 8.74. The molecule has 1 heterocycles. The van der Waals surface area contributed by atoms with E-state index in [1.165, 1.54) is 30.6 Å². The normalized spacial score (nSPS) is 16.4. The molecule has 0 saturated heterocycles. The average molecular weight is 261 g/mol. The third-order valence-electron chi connectivity index (χ3n) is 3.77. The lowest BCUT2D eigenvalue weighted by atomic mass is 10.1. The molecular formula is C16H27N3. The summed E-state index contributed by atoms with van der Waals surface area (Å²) in [5.74, 6) is 0. The summed E-state index contributed by atoms with van der Waals surface area (Å²) in [6, 6.07) is 5.59. The van der Waals surface area contributed by atoms with Gasteiger partial charge in [0.25, 0.3) is 0 Å². The highest BCUT2D eigenvalue weighted by Gasteiger charge is 2.28. The van der Waals surface area contributed by atoms with Gasteiger partial charge in [-0.2, -0.15) is 0 Å². The van der Waals surface area contributed by atoms with Crippen LogP contribution in [0.1, 0.15) is 58.2 Å². The van der Waals surface area contributed by atoms with Gasteiger partial charge in [0, 0.05) is 18.6 Å². The molecule has 1 N–H and O–H groups in total. The molecule has 0 spiro atoms. The molecule has 0 aromatic carbocycles. The first-order valence-electron chi connectivity index (χ1n) is 7.76. The molecule has 19 heavy (non-hydrogen) atoms. The van der Waals surface area contributed by atoms with E-state index < -0.39 is 0 Å². The van der Waals surface area contributed by atoms with E-state index in [1.54, 1.807) is 0 Å². The number of hydrogen-bond donors (Lipinski definition) is 1. The first kappa shape index (κ1) is 14.3. The molecule has 0 radical (unpaired) electrons. The highest BCUT2D eigenvalue weighted by molar-refractivity contribution is 5.47. The van der Waals surface area contributed by atoms with E-state index in [9.17, 15) is 0 Å². The molecule has 1 aliphatic carbocycles. The quantitative estimate of drug-likeness (QED) is 0.776. The van der Waals surface area contributed by atoms with E-state index in [2.05, 4.69) is 54.3 Å². The predicted octanol–water partition coefficient (Wildman–Crippen LogP) is 3.52. The Kier molecular flexibility index (Phi) is 5.20. The van der Waals surface area contributed by atoms with Gasteiger partial charge >= 0.3 is 0 Å². The number of rotatable bonds is 8. The van der Waals surface area contributed by atoms with Gasteiger partial charge in [0.15, 0.2) is 0 Å². The van der Waals surface area contributed by atoms with Crippen LogP contribution in [0.15, 0.2) is 18.3 Å². The molecule has 0 amide bonds. The van der Waals surface area contributed by atoms with Crippen molar-refractivity contribution in [1.29, 1.82) is 0 Å². The summed E-state index contributed by atoms with van der Waals surface area (Å²) in [7, 11) is 0. The summed E-state index contributed by atoms with van der Waals surface area (Å²) in [4.78, 5) is 7.20. The van der Waals surface area contributed by atoms with Gasteiger partial charge in [-0.25, -0.2) is 0 Å². The zero-order chi connectivity index (χ0) is 13.7. The van der Waals surface area contributed by atoms with E-state index in [1.807, 2.05) is 0 Å². The SMILES string of the molecule is CCCN(c1ccc(C(CC)NCC)nc1)C1CC1. The summed E-state index contributed by atoms with van der Waals surface area (Å²) in [6.07, 6.45) is 7.03. The van der Waals surface area contributed by atoms with Gasteiger partial charge in [0.2, 0.25) is 0 Å². The van der Waals surface area contributed by atoms with E-state index >= 15 is 0 Å². The van der Waals surface area contributed by atoms with E-state index in [4.69, 9.17) is 0 Å². The van der Waals surface area contributed by atoms with E-state index in [-0.39, 0.29) is 0 Å². The monoisotopic (exact) mass is 261 g/mol. The van der Waals surface area contributed by atoms with Crippen molar-refractivity contribution in [2.45, 2.75) is 58.5 Å². The van der Waals surface area contributed by atoms with E-state index in [0.717, 1.165) is 25.6 Å². The molecule has 0 bridgehead atoms. The van der Waals surface area contributed by atoms with Crippen molar-refractivity contribution in [3.8, 4) is 0 Å². The van der Waals surface area contributed by atoms with Crippen molar-refractivity contribution in [2.75, 3.05) is 18.0 Å². The molecule has 1 atom stereocenters. The minimum absolute atomic E-state index is 0.389. The van der Waals surface area contributed by atoms with Crippen molar-refractivity contribution >= 4 is 5.69 Å². The molecule has 1 unspecified atom stereocenters. The lowest BCUT2D eigenvalue weighted by molar-refractivity contribution is 0.524. The lowest BCUT2D eigenvalue weighted by Gasteiger charge is -2.24. The Balaban J connectivity index is 2.07. The number of nitrogens with zero attached hydrogens (tertiary/aromatic N) is 2. The first-order chi connectivity index (χ1) is 9.30. The minimum Gasteiger partial charge on any atom is -0.367 e. The van der Waals surface area contributed by atoms with Crippen molar-refractivity contribution in [1.82, 2.24) is 10.3 Å². The zero-order valence-corrected chi connectivity index (χ0v) is 12.5. The Morgan fingerprint density at radius 3 is 2.58 bits per heavy atom. The Bertz CT molecular complexity index is 370. The molecule has 106 valence electrons. The number of pyridine rings is 1. The van der Waals surface area contributed by atoms with Gasteiger partial charge in [0.05, 0.1) is 17.6 Å². The van der Waals surface area contributed by atoms with Crippen LogP contribution in [0.5, 0.6) is 0 Å². The Morgan fingerprint density at radius 1 is 1.32 bits per heavy atom. The molecule has 1 aliphatic rings. The van der Waals surface area contributed by atoms with Crippen molar-refractivity contribution in [3.63, 3.8) is 0 Å². The van der Waals surface area contributed by atoms with E-state index in [0.29, 0.717) is 6.04 Å². The van der Waals surface area contributed by atoms with Crippen LogP contribution in [-0.2, 0) is 0 Å². The number of nitrogens with one attached hydrogen (secondary N) is 1. The van der Waals surface area contributed by atoms with Crippen LogP contribution >= 0.6 is 0 Å². The second-order valence-corrected chi connectivity index (χ2v) is 5.38. The standard InChI is InChI=1S/C16H27N3/c1-4-11-19(13-7-8-13)14-9-10-16(18-12-14)15(5-2)17-6-3/h9-10,12-13,15,17H,4-8,11H2,1-3H3. The average Bonchev–Trinajstić information content (AvgIpc) is 3.27. The second-order valence-electron chi connectivity index (χ2n) is 5.38. The smallest absolute Gasteiger partial charge is 0.0574 e. The summed E-state index contributed by atoms with van der Waals surface area (Å²) in [5, 5.41) is 3.48. The molecule has 1 saturated carbocycles. The maximum absolute atomic E-state index is 4.68. The highest BCUT2D eigenvalue weighted by Crippen LogP contribution is 2.31. The fraction of sp³-hybridized carbons (Fsp3) is 0.688. The Morgan fingerprint density at radius 2 is 2.11 bits per heavy atom. The highest BCUT2D eigenvalue weighted by atomic mass is 15.2. The van der Waals surface area contributed by atoms with Crippen LogP contribution in [0.2, 0.25) is 0 Å². The van der Waals surface area contributed by atoms with Gasteiger partial charge < -0.3 is 10.2 Å². The Labute approximate surface area is 117 Å². The van der Waals surface area contributed by atoms with Crippen LogP contribution in [0.25, 0.3) is 0 Å². The summed E-state index contributed by atoms with van der Waals surface area (Å²) < 4.78 is 0. The van der Waals surface area contributed by atoms with Crippen LogP contribution in [-0.4, -0.2) is 24.1 Å². The maximum Gasteiger partial charge on any atom is 0.0574 e. The van der Waals surface area contributed by atoms with Gasteiger partial charge in [-0.05, 0) is 44.4 Å². The minimum atomic E-state index is 0.389. The maximum atomic E-state index is 4.68. The predicted molar refractivity (Wildman–Crippen MR) is 81.6 cm³/mol. The van der Waals surface area contributed by atoms with Crippen LogP contribution < -0.4 is 10.2 Å². The first-order valence-corrected chi connectivity index (χ1v) is 7.76. The van der Waals surface area contributed by atoms with Crippen molar-refractivity contribution in [3.05, 3.63) is 24.0 Å². The van der Waals surface area contributed by atoms with Gasteiger partial charge in [-0.15, -0.1) is 0 Å². The van der Waals surface area contributed by atoms with Crippen LogP contribution in [0.3, 0.4) is 0 Å². The molecule has 3 heteroatoms. The third-order valence-corrected chi connectivity index (χ3v) is 3.77. The topological polar surface area (TPSA) is 28.2 Å². The van der Waals surface area contributed by atoms with Crippen molar-refractivity contribution in [2.24, 2.45) is 0 Å². The number of aromatic nitrogens is 1. The largest absolute Gasteiger partial charge is 0.367 e. The van der Waals surface area contributed by atoms with Gasteiger partial charge in [-0.3, -0.25) is 4.98 Å². The molecule has 1 fully saturated rings. The third kappa shape index (κ3) is 3.69. The van der Waals surface area contributed by atoms with Gasteiger partial charge in [-0.1, -0.05) is 20.8 Å². The summed E-state index contributed by atoms with van der Waals surface area (Å²) in [5.41, 5.74) is 2.46. The molecular weight excluding hydrogens is 234 g/mol.